The first-order chi connectivity index (χ1) is 10.2. The molecule has 104 valence electrons. The summed E-state index contributed by atoms with van der Waals surface area (Å²) in [5.41, 5.74) is 0.401. The van der Waals surface area contributed by atoms with Crippen LogP contribution in [0.2, 0.25) is 0 Å². The van der Waals surface area contributed by atoms with Crippen molar-refractivity contribution >= 4 is 16.3 Å². The van der Waals surface area contributed by atoms with Gasteiger partial charge in [-0.3, -0.25) is 0 Å². The summed E-state index contributed by atoms with van der Waals surface area (Å²) in [5, 5.41) is 12.9. The summed E-state index contributed by atoms with van der Waals surface area (Å²) in [6.45, 7) is 0. The average Bonchev–Trinajstić information content (AvgIpc) is 3.15. The molecule has 5 nitrogen and oxygen atoms in total. The van der Waals surface area contributed by atoms with E-state index in [9.17, 15) is 8.78 Å². The van der Waals surface area contributed by atoms with Crippen LogP contribution in [-0.4, -0.2) is 19.8 Å². The second-order valence-electron chi connectivity index (χ2n) is 4.23. The topological polar surface area (TPSA) is 56.2 Å². The lowest BCUT2D eigenvalue weighted by Gasteiger charge is -1.98. The van der Waals surface area contributed by atoms with Crippen LogP contribution in [0.1, 0.15) is 0 Å². The zero-order valence-corrected chi connectivity index (χ0v) is 11.1. The van der Waals surface area contributed by atoms with Crippen LogP contribution in [0.25, 0.3) is 27.1 Å². The molecule has 0 radical (unpaired) electrons. The molecule has 0 spiro atoms. The van der Waals surface area contributed by atoms with E-state index < -0.39 is 11.6 Å². The average molecular weight is 304 g/mol. The summed E-state index contributed by atoms with van der Waals surface area (Å²) in [4.78, 5) is 0.543. The molecule has 0 unspecified atom stereocenters. The minimum atomic E-state index is -0.939. The third-order valence-corrected chi connectivity index (χ3v) is 3.81. The van der Waals surface area contributed by atoms with Crippen LogP contribution in [0.5, 0.6) is 0 Å². The molecule has 0 N–H and O–H groups in total. The fourth-order valence-electron chi connectivity index (χ4n) is 1.93. The van der Waals surface area contributed by atoms with Gasteiger partial charge in [0.15, 0.2) is 28.2 Å². The van der Waals surface area contributed by atoms with Crippen molar-refractivity contribution in [3.8, 4) is 22.2 Å². The third kappa shape index (κ3) is 1.91. The molecule has 0 aliphatic carbocycles. The highest BCUT2D eigenvalue weighted by atomic mass is 32.1. The van der Waals surface area contributed by atoms with Crippen LogP contribution >= 0.6 is 11.3 Å². The highest BCUT2D eigenvalue weighted by Gasteiger charge is 2.16. The van der Waals surface area contributed by atoms with Gasteiger partial charge >= 0.3 is 0 Å². The zero-order chi connectivity index (χ0) is 14.4. The number of nitrogens with zero attached hydrogens (tertiary/aromatic N) is 4. The molecule has 21 heavy (non-hydrogen) atoms. The molecule has 0 amide bonds. The van der Waals surface area contributed by atoms with E-state index in [4.69, 9.17) is 4.42 Å². The number of furan rings is 1. The number of hydrogen-bond acceptors (Lipinski definition) is 5. The Morgan fingerprint density at radius 3 is 2.76 bits per heavy atom. The molecule has 0 bridgehead atoms. The molecular formula is C13H6F2N4OS. The maximum atomic E-state index is 13.3. The Morgan fingerprint density at radius 1 is 1.10 bits per heavy atom. The van der Waals surface area contributed by atoms with E-state index in [1.165, 1.54) is 21.9 Å². The minimum absolute atomic E-state index is 0.345. The van der Waals surface area contributed by atoms with Gasteiger partial charge in [-0.15, -0.1) is 15.3 Å². The summed E-state index contributed by atoms with van der Waals surface area (Å²) >= 11 is 1.29. The molecule has 3 heterocycles. The van der Waals surface area contributed by atoms with Crippen molar-refractivity contribution in [2.45, 2.75) is 0 Å². The summed E-state index contributed by atoms with van der Waals surface area (Å²) < 4.78 is 33.1. The SMILES string of the molecule is Fc1ccc(-c2nnc3sc(-c4ccco4)nn23)cc1F. The fraction of sp³-hybridized carbons (Fsp3) is 0. The number of hydrogen-bond donors (Lipinski definition) is 0. The van der Waals surface area contributed by atoms with Gasteiger partial charge in [0.25, 0.3) is 0 Å². The van der Waals surface area contributed by atoms with Gasteiger partial charge in [-0.05, 0) is 30.3 Å². The summed E-state index contributed by atoms with van der Waals surface area (Å²) in [6.07, 6.45) is 1.55. The highest BCUT2D eigenvalue weighted by molar-refractivity contribution is 7.19. The molecule has 8 heteroatoms. The molecule has 0 fully saturated rings. The quantitative estimate of drug-likeness (QED) is 0.569. The first-order valence-electron chi connectivity index (χ1n) is 5.94. The number of aromatic nitrogens is 4. The predicted molar refractivity (Wildman–Crippen MR) is 71.7 cm³/mol. The Morgan fingerprint density at radius 2 is 2.00 bits per heavy atom. The van der Waals surface area contributed by atoms with Crippen LogP contribution in [0.15, 0.2) is 41.0 Å². The molecule has 0 atom stereocenters. The van der Waals surface area contributed by atoms with Crippen LogP contribution in [-0.2, 0) is 0 Å². The largest absolute Gasteiger partial charge is 0.462 e. The van der Waals surface area contributed by atoms with Crippen molar-refractivity contribution in [2.24, 2.45) is 0 Å². The van der Waals surface area contributed by atoms with E-state index in [2.05, 4.69) is 15.3 Å². The molecule has 1 aromatic carbocycles. The van der Waals surface area contributed by atoms with E-state index in [1.807, 2.05) is 0 Å². The predicted octanol–water partition coefficient (Wildman–Crippen LogP) is 3.39. The third-order valence-electron chi connectivity index (χ3n) is 2.90. The van der Waals surface area contributed by atoms with Gasteiger partial charge in [0.05, 0.1) is 6.26 Å². The van der Waals surface area contributed by atoms with Gasteiger partial charge in [-0.1, -0.05) is 11.3 Å². The Hall–Kier alpha value is -2.61. The van der Waals surface area contributed by atoms with E-state index >= 15 is 0 Å². The Bertz CT molecular complexity index is 929. The maximum Gasteiger partial charge on any atom is 0.235 e. The van der Waals surface area contributed by atoms with Gasteiger partial charge < -0.3 is 4.42 Å². The number of benzene rings is 1. The second-order valence-corrected chi connectivity index (χ2v) is 5.19. The molecule has 4 rings (SSSR count). The molecule has 4 aromatic rings. The lowest BCUT2D eigenvalue weighted by atomic mass is 10.2. The zero-order valence-electron chi connectivity index (χ0n) is 10.3. The van der Waals surface area contributed by atoms with Gasteiger partial charge in [-0.2, -0.15) is 4.52 Å². The smallest absolute Gasteiger partial charge is 0.235 e. The summed E-state index contributed by atoms with van der Waals surface area (Å²) in [5.74, 6) is -0.889. The summed E-state index contributed by atoms with van der Waals surface area (Å²) in [7, 11) is 0. The Balaban J connectivity index is 1.87. The van der Waals surface area contributed by atoms with Gasteiger partial charge in [-0.25, -0.2) is 8.78 Å². The summed E-state index contributed by atoms with van der Waals surface area (Å²) in [6, 6.07) is 7.08. The van der Waals surface area contributed by atoms with Crippen LogP contribution in [0.4, 0.5) is 8.78 Å². The lowest BCUT2D eigenvalue weighted by molar-refractivity contribution is 0.509. The number of fused-ring (bicyclic) bond motifs is 1. The van der Waals surface area contributed by atoms with Gasteiger partial charge in [0.1, 0.15) is 0 Å². The van der Waals surface area contributed by atoms with Crippen LogP contribution < -0.4 is 0 Å². The van der Waals surface area contributed by atoms with Crippen molar-refractivity contribution in [3.05, 3.63) is 48.2 Å². The normalized spacial score (nSPS) is 11.3. The molecular weight excluding hydrogens is 298 g/mol. The second kappa shape index (κ2) is 4.45. The number of halogens is 2. The molecule has 0 aliphatic heterocycles. The Kier molecular flexibility index (Phi) is 2.58. The Labute approximate surface area is 120 Å². The van der Waals surface area contributed by atoms with Crippen molar-refractivity contribution in [1.29, 1.82) is 0 Å². The van der Waals surface area contributed by atoms with Gasteiger partial charge in [0, 0.05) is 5.56 Å². The standard InChI is InChI=1S/C13H6F2N4OS/c14-8-4-3-7(6-9(8)15)11-16-17-13-19(11)18-12(21-13)10-2-1-5-20-10/h1-6H. The van der Waals surface area contributed by atoms with Crippen molar-refractivity contribution in [3.63, 3.8) is 0 Å². The van der Waals surface area contributed by atoms with Crippen LogP contribution in [0, 0.1) is 11.6 Å². The highest BCUT2D eigenvalue weighted by Crippen LogP contribution is 2.28. The lowest BCUT2D eigenvalue weighted by Crippen LogP contribution is -1.92. The monoisotopic (exact) mass is 304 g/mol. The van der Waals surface area contributed by atoms with Crippen LogP contribution in [0.3, 0.4) is 0 Å². The first-order valence-corrected chi connectivity index (χ1v) is 6.75. The minimum Gasteiger partial charge on any atom is -0.462 e. The van der Waals surface area contributed by atoms with Crippen molar-refractivity contribution in [2.75, 3.05) is 0 Å². The molecule has 0 saturated carbocycles. The fourth-order valence-corrected chi connectivity index (χ4v) is 2.74. The maximum absolute atomic E-state index is 13.3. The molecule has 3 aromatic heterocycles. The van der Waals surface area contributed by atoms with Crippen molar-refractivity contribution < 1.29 is 13.2 Å². The van der Waals surface area contributed by atoms with E-state index in [1.54, 1.807) is 18.4 Å². The number of rotatable bonds is 2. The van der Waals surface area contributed by atoms with Crippen molar-refractivity contribution in [1.82, 2.24) is 19.8 Å². The van der Waals surface area contributed by atoms with Gasteiger partial charge in [0.2, 0.25) is 4.96 Å². The first kappa shape index (κ1) is 12.2. The molecule has 0 saturated heterocycles. The van der Waals surface area contributed by atoms with E-state index in [-0.39, 0.29) is 0 Å². The van der Waals surface area contributed by atoms with E-state index in [0.29, 0.717) is 27.1 Å². The molecule has 0 aliphatic rings. The van der Waals surface area contributed by atoms with E-state index in [0.717, 1.165) is 12.1 Å².